The Hall–Kier alpha value is -2.48. The number of rotatable bonds is 1. The molecule has 0 spiro atoms. The van der Waals surface area contributed by atoms with E-state index >= 15 is 0 Å². The van der Waals surface area contributed by atoms with Gasteiger partial charge >= 0.3 is 0 Å². The highest BCUT2D eigenvalue weighted by molar-refractivity contribution is 5.91. The van der Waals surface area contributed by atoms with Crippen LogP contribution < -0.4 is 10.1 Å². The molecule has 0 aromatic heterocycles. The summed E-state index contributed by atoms with van der Waals surface area (Å²) < 4.78 is 5.36. The zero-order chi connectivity index (χ0) is 15.3. The lowest BCUT2D eigenvalue weighted by Crippen LogP contribution is -2.25. The molecule has 1 aliphatic heterocycles. The van der Waals surface area contributed by atoms with Crippen molar-refractivity contribution in [3.05, 3.63) is 65.7 Å². The van der Waals surface area contributed by atoms with Crippen molar-refractivity contribution in [2.24, 2.45) is 0 Å². The number of methoxy groups -OCH3 is 1. The minimum Gasteiger partial charge on any atom is -0.497 e. The van der Waals surface area contributed by atoms with Gasteiger partial charge in [0, 0.05) is 16.8 Å². The molecule has 1 aliphatic rings. The molecule has 110 valence electrons. The minimum atomic E-state index is -0.0194. The van der Waals surface area contributed by atoms with Gasteiger partial charge in [-0.05, 0) is 52.2 Å². The van der Waals surface area contributed by atoms with Crippen molar-refractivity contribution in [3.63, 3.8) is 0 Å². The Bertz CT molecular complexity index is 880. The maximum absolute atomic E-state index is 5.36. The van der Waals surface area contributed by atoms with Crippen molar-refractivity contribution in [1.82, 2.24) is 0 Å². The molecule has 0 saturated heterocycles. The van der Waals surface area contributed by atoms with Gasteiger partial charge in [-0.1, -0.05) is 38.1 Å². The van der Waals surface area contributed by atoms with E-state index in [0.717, 1.165) is 5.75 Å². The Kier molecular flexibility index (Phi) is 2.70. The summed E-state index contributed by atoms with van der Waals surface area (Å²) in [5.74, 6) is 0.898. The van der Waals surface area contributed by atoms with Crippen molar-refractivity contribution in [3.8, 4) is 5.75 Å². The lowest BCUT2D eigenvalue weighted by molar-refractivity contribution is 0.415. The zero-order valence-electron chi connectivity index (χ0n) is 13.1. The molecule has 3 aromatic rings. The maximum atomic E-state index is 5.36. The summed E-state index contributed by atoms with van der Waals surface area (Å²) in [5.41, 5.74) is 5.04. The monoisotopic (exact) mass is 289 g/mol. The quantitative estimate of drug-likeness (QED) is 0.662. The standard InChI is InChI=1S/C20H19NO/c1-20(2)16-6-4-5-7-18(16)21-19-12-13-8-9-15(22-3)10-14(13)11-17(19)20/h4-12,21H,1-3H3. The molecule has 0 unspecified atom stereocenters. The van der Waals surface area contributed by atoms with Crippen LogP contribution in [0.2, 0.25) is 0 Å². The molecule has 3 aromatic carbocycles. The largest absolute Gasteiger partial charge is 0.497 e. The first-order valence-corrected chi connectivity index (χ1v) is 7.58. The van der Waals surface area contributed by atoms with E-state index in [9.17, 15) is 0 Å². The van der Waals surface area contributed by atoms with Gasteiger partial charge in [0.25, 0.3) is 0 Å². The zero-order valence-corrected chi connectivity index (χ0v) is 13.1. The van der Waals surface area contributed by atoms with Crippen LogP contribution in [0, 0.1) is 0 Å². The van der Waals surface area contributed by atoms with Crippen LogP contribution in [0.15, 0.2) is 54.6 Å². The number of benzene rings is 3. The highest BCUT2D eigenvalue weighted by Crippen LogP contribution is 2.46. The molecule has 22 heavy (non-hydrogen) atoms. The Morgan fingerprint density at radius 1 is 0.818 bits per heavy atom. The molecule has 0 saturated carbocycles. The summed E-state index contributed by atoms with van der Waals surface area (Å²) in [6, 6.07) is 19.3. The van der Waals surface area contributed by atoms with Crippen molar-refractivity contribution < 1.29 is 4.74 Å². The van der Waals surface area contributed by atoms with E-state index < -0.39 is 0 Å². The molecule has 0 atom stereocenters. The fourth-order valence-corrected chi connectivity index (χ4v) is 3.45. The molecule has 0 bridgehead atoms. The summed E-state index contributed by atoms with van der Waals surface area (Å²) in [7, 11) is 1.71. The van der Waals surface area contributed by atoms with Crippen LogP contribution in [0.25, 0.3) is 10.8 Å². The van der Waals surface area contributed by atoms with E-state index in [0.29, 0.717) is 0 Å². The highest BCUT2D eigenvalue weighted by Gasteiger charge is 2.32. The highest BCUT2D eigenvalue weighted by atomic mass is 16.5. The van der Waals surface area contributed by atoms with Gasteiger partial charge in [0.1, 0.15) is 5.75 Å². The van der Waals surface area contributed by atoms with E-state index in [1.165, 1.54) is 33.3 Å². The first-order valence-electron chi connectivity index (χ1n) is 7.58. The number of hydrogen-bond donors (Lipinski definition) is 1. The summed E-state index contributed by atoms with van der Waals surface area (Å²) in [6.45, 7) is 4.58. The van der Waals surface area contributed by atoms with Crippen molar-refractivity contribution >= 4 is 22.1 Å². The summed E-state index contributed by atoms with van der Waals surface area (Å²) >= 11 is 0. The average Bonchev–Trinajstić information content (AvgIpc) is 2.53. The fraction of sp³-hybridized carbons (Fsp3) is 0.200. The summed E-state index contributed by atoms with van der Waals surface area (Å²) in [4.78, 5) is 0. The molecule has 2 nitrogen and oxygen atoms in total. The third kappa shape index (κ3) is 1.80. The molecule has 2 heteroatoms. The molecular weight excluding hydrogens is 270 g/mol. The lowest BCUT2D eigenvalue weighted by atomic mass is 9.74. The second-order valence-corrected chi connectivity index (χ2v) is 6.41. The number of ether oxygens (including phenoxy) is 1. The Labute approximate surface area is 130 Å². The van der Waals surface area contributed by atoms with Crippen LogP contribution in [0.5, 0.6) is 5.75 Å². The molecule has 0 fully saturated rings. The molecule has 0 aliphatic carbocycles. The maximum Gasteiger partial charge on any atom is 0.119 e. The average molecular weight is 289 g/mol. The third-order valence-corrected chi connectivity index (χ3v) is 4.73. The Morgan fingerprint density at radius 2 is 1.64 bits per heavy atom. The number of fused-ring (bicyclic) bond motifs is 3. The SMILES string of the molecule is COc1ccc2cc3c(cc2c1)C(C)(C)c1ccccc1N3. The molecule has 1 N–H and O–H groups in total. The van der Waals surface area contributed by atoms with Crippen molar-refractivity contribution in [2.75, 3.05) is 12.4 Å². The number of para-hydroxylation sites is 1. The first-order chi connectivity index (χ1) is 10.6. The van der Waals surface area contributed by atoms with E-state index in [1.807, 2.05) is 6.07 Å². The summed E-state index contributed by atoms with van der Waals surface area (Å²) in [5, 5.41) is 6.03. The van der Waals surface area contributed by atoms with E-state index in [-0.39, 0.29) is 5.41 Å². The molecule has 0 amide bonds. The Balaban J connectivity index is 1.98. The smallest absolute Gasteiger partial charge is 0.119 e. The van der Waals surface area contributed by atoms with Gasteiger partial charge < -0.3 is 10.1 Å². The summed E-state index contributed by atoms with van der Waals surface area (Å²) in [6.07, 6.45) is 0. The van der Waals surface area contributed by atoms with Gasteiger partial charge in [-0.2, -0.15) is 0 Å². The van der Waals surface area contributed by atoms with Crippen molar-refractivity contribution in [2.45, 2.75) is 19.3 Å². The van der Waals surface area contributed by atoms with Gasteiger partial charge in [0.05, 0.1) is 7.11 Å². The van der Waals surface area contributed by atoms with Gasteiger partial charge in [-0.3, -0.25) is 0 Å². The minimum absolute atomic E-state index is 0.0194. The number of nitrogens with one attached hydrogen (secondary N) is 1. The van der Waals surface area contributed by atoms with E-state index in [4.69, 9.17) is 4.74 Å². The van der Waals surface area contributed by atoms with Crippen LogP contribution in [-0.4, -0.2) is 7.11 Å². The van der Waals surface area contributed by atoms with Crippen LogP contribution >= 0.6 is 0 Å². The van der Waals surface area contributed by atoms with Crippen molar-refractivity contribution in [1.29, 1.82) is 0 Å². The van der Waals surface area contributed by atoms with Crippen LogP contribution in [-0.2, 0) is 5.41 Å². The normalized spacial score (nSPS) is 14.9. The Morgan fingerprint density at radius 3 is 2.45 bits per heavy atom. The molecule has 0 radical (unpaired) electrons. The predicted octanol–water partition coefficient (Wildman–Crippen LogP) is 5.23. The third-order valence-electron chi connectivity index (χ3n) is 4.73. The second-order valence-electron chi connectivity index (χ2n) is 6.41. The molecular formula is C20H19NO. The lowest BCUT2D eigenvalue weighted by Gasteiger charge is -2.36. The van der Waals surface area contributed by atoms with Crippen LogP contribution in [0.3, 0.4) is 0 Å². The first kappa shape index (κ1) is 13.2. The number of anilines is 2. The van der Waals surface area contributed by atoms with Gasteiger partial charge in [-0.15, -0.1) is 0 Å². The van der Waals surface area contributed by atoms with Gasteiger partial charge in [-0.25, -0.2) is 0 Å². The van der Waals surface area contributed by atoms with Crippen LogP contribution in [0.4, 0.5) is 11.4 Å². The fourth-order valence-electron chi connectivity index (χ4n) is 3.45. The van der Waals surface area contributed by atoms with Gasteiger partial charge in [0.2, 0.25) is 0 Å². The topological polar surface area (TPSA) is 21.3 Å². The molecule has 4 rings (SSSR count). The molecule has 1 heterocycles. The number of hydrogen-bond acceptors (Lipinski definition) is 2. The van der Waals surface area contributed by atoms with E-state index in [1.54, 1.807) is 7.11 Å². The van der Waals surface area contributed by atoms with E-state index in [2.05, 4.69) is 67.7 Å². The van der Waals surface area contributed by atoms with Gasteiger partial charge in [0.15, 0.2) is 0 Å². The van der Waals surface area contributed by atoms with Crippen LogP contribution in [0.1, 0.15) is 25.0 Å². The second kappa shape index (κ2) is 4.51. The predicted molar refractivity (Wildman–Crippen MR) is 92.4 cm³/mol.